The number of carbonyl (C=O) groups is 3. The van der Waals surface area contributed by atoms with Crippen molar-refractivity contribution < 1.29 is 19.1 Å². The first-order valence-electron chi connectivity index (χ1n) is 13.2. The Kier molecular flexibility index (Phi) is 7.25. The molecule has 4 aromatic rings. The molecule has 1 fully saturated rings. The van der Waals surface area contributed by atoms with Crippen LogP contribution in [0.1, 0.15) is 48.5 Å². The maximum atomic E-state index is 13.3. The zero-order valence-electron chi connectivity index (χ0n) is 23.0. The molecule has 0 spiro atoms. The molecule has 2 aromatic heterocycles. The molecule has 3 heterocycles. The molecule has 0 unspecified atom stereocenters. The quantitative estimate of drug-likeness (QED) is 0.358. The molecule has 10 nitrogen and oxygen atoms in total. The molecule has 0 atom stereocenters. The van der Waals surface area contributed by atoms with Crippen LogP contribution in [0.5, 0.6) is 0 Å². The molecule has 5 rings (SSSR count). The van der Waals surface area contributed by atoms with Crippen molar-refractivity contribution in [1.82, 2.24) is 19.5 Å². The van der Waals surface area contributed by atoms with Gasteiger partial charge in [0.15, 0.2) is 11.4 Å². The van der Waals surface area contributed by atoms with Gasteiger partial charge in [0, 0.05) is 43.5 Å². The minimum absolute atomic E-state index is 0.0312. The fourth-order valence-electron chi connectivity index (χ4n) is 4.60. The number of ketones is 1. The van der Waals surface area contributed by atoms with Gasteiger partial charge in [0.25, 0.3) is 5.91 Å². The first-order chi connectivity index (χ1) is 19.1. The number of hydrogen-bond acceptors (Lipinski definition) is 7. The van der Waals surface area contributed by atoms with Crippen molar-refractivity contribution in [2.45, 2.75) is 33.3 Å². The highest BCUT2D eigenvalue weighted by molar-refractivity contribution is 6.05. The Morgan fingerprint density at radius 3 is 2.42 bits per heavy atom. The molecule has 0 radical (unpaired) electrons. The highest BCUT2D eigenvalue weighted by atomic mass is 16.6. The summed E-state index contributed by atoms with van der Waals surface area (Å²) in [4.78, 5) is 46.1. The van der Waals surface area contributed by atoms with Crippen LogP contribution >= 0.6 is 0 Å². The smallest absolute Gasteiger partial charge is 0.410 e. The second-order valence-corrected chi connectivity index (χ2v) is 10.7. The minimum atomic E-state index is -0.543. The highest BCUT2D eigenvalue weighted by Gasteiger charge is 2.27. The van der Waals surface area contributed by atoms with Gasteiger partial charge in [0.2, 0.25) is 0 Å². The Labute approximate surface area is 232 Å². The van der Waals surface area contributed by atoms with Crippen molar-refractivity contribution in [1.29, 1.82) is 0 Å². The maximum absolute atomic E-state index is 13.3. The van der Waals surface area contributed by atoms with E-state index in [1.807, 2.05) is 57.2 Å². The summed E-state index contributed by atoms with van der Waals surface area (Å²) < 4.78 is 7.11. The van der Waals surface area contributed by atoms with Gasteiger partial charge in [-0.05, 0) is 57.5 Å². The average molecular weight is 541 g/mol. The summed E-state index contributed by atoms with van der Waals surface area (Å²) in [6.45, 7) is 9.33. The minimum Gasteiger partial charge on any atom is -0.444 e. The van der Waals surface area contributed by atoms with Crippen molar-refractivity contribution in [2.24, 2.45) is 0 Å². The van der Waals surface area contributed by atoms with Crippen LogP contribution in [0.4, 0.5) is 16.2 Å². The Morgan fingerprint density at radius 2 is 1.70 bits per heavy atom. The zero-order chi connectivity index (χ0) is 28.4. The maximum Gasteiger partial charge on any atom is 0.410 e. The number of carbonyl (C=O) groups excluding carboxylic acids is 3. The van der Waals surface area contributed by atoms with Gasteiger partial charge in [-0.25, -0.2) is 14.3 Å². The number of aromatic nitrogens is 3. The summed E-state index contributed by atoms with van der Waals surface area (Å²) >= 11 is 0. The van der Waals surface area contributed by atoms with Gasteiger partial charge in [-0.15, -0.1) is 0 Å². The van der Waals surface area contributed by atoms with Gasteiger partial charge in [0.1, 0.15) is 11.3 Å². The highest BCUT2D eigenvalue weighted by Crippen LogP contribution is 2.28. The van der Waals surface area contributed by atoms with Crippen LogP contribution in [-0.2, 0) is 4.74 Å². The average Bonchev–Trinajstić information content (AvgIpc) is 3.36. The number of ether oxygens (including phenoxy) is 1. The van der Waals surface area contributed by atoms with Gasteiger partial charge in [-0.3, -0.25) is 9.59 Å². The van der Waals surface area contributed by atoms with Crippen molar-refractivity contribution in [2.75, 3.05) is 36.4 Å². The lowest BCUT2D eigenvalue weighted by Gasteiger charge is -2.37. The van der Waals surface area contributed by atoms with Gasteiger partial charge < -0.3 is 19.9 Å². The van der Waals surface area contributed by atoms with Crippen LogP contribution in [0.25, 0.3) is 16.8 Å². The molecule has 2 aromatic carbocycles. The van der Waals surface area contributed by atoms with Crippen LogP contribution in [-0.4, -0.2) is 69.1 Å². The number of anilines is 2. The molecule has 0 aliphatic carbocycles. The molecular formula is C30H32N6O4. The predicted octanol–water partition coefficient (Wildman–Crippen LogP) is 4.91. The lowest BCUT2D eigenvalue weighted by Crippen LogP contribution is -2.50. The molecule has 1 aliphatic heterocycles. The summed E-state index contributed by atoms with van der Waals surface area (Å²) in [5.41, 5.74) is 3.84. The van der Waals surface area contributed by atoms with Crippen molar-refractivity contribution in [3.63, 3.8) is 0 Å². The third-order valence-corrected chi connectivity index (χ3v) is 6.61. The van der Waals surface area contributed by atoms with Crippen molar-refractivity contribution >= 4 is 34.8 Å². The van der Waals surface area contributed by atoms with E-state index in [-0.39, 0.29) is 23.5 Å². The van der Waals surface area contributed by atoms with Gasteiger partial charge in [0.05, 0.1) is 17.6 Å². The molecular weight excluding hydrogens is 508 g/mol. The number of piperazine rings is 1. The van der Waals surface area contributed by atoms with Crippen LogP contribution < -0.4 is 10.2 Å². The van der Waals surface area contributed by atoms with E-state index in [4.69, 9.17) is 4.74 Å². The monoisotopic (exact) mass is 540 g/mol. The van der Waals surface area contributed by atoms with Crippen molar-refractivity contribution in [3.05, 3.63) is 78.2 Å². The van der Waals surface area contributed by atoms with E-state index in [2.05, 4.69) is 20.3 Å². The standard InChI is InChI=1S/C30H32N6O4/c1-20(37)21-8-7-9-22(18-21)23-19-31-36-13-12-25(32-27(23)36)28(38)33-24-10-5-6-11-26(24)34-14-16-35(17-15-34)29(39)40-30(2,3)4/h5-13,18-19H,14-17H2,1-4H3,(H,33,38). The Morgan fingerprint density at radius 1 is 0.950 bits per heavy atom. The van der Waals surface area contributed by atoms with E-state index >= 15 is 0 Å². The first kappa shape index (κ1) is 26.9. The lowest BCUT2D eigenvalue weighted by atomic mass is 10.0. The second-order valence-electron chi connectivity index (χ2n) is 10.7. The first-order valence-corrected chi connectivity index (χ1v) is 13.2. The zero-order valence-corrected chi connectivity index (χ0v) is 23.0. The summed E-state index contributed by atoms with van der Waals surface area (Å²) in [6.07, 6.45) is 3.05. The fraction of sp³-hybridized carbons (Fsp3) is 0.300. The summed E-state index contributed by atoms with van der Waals surface area (Å²) in [5.74, 6) is -0.386. The van der Waals surface area contributed by atoms with Crippen LogP contribution in [0, 0.1) is 0 Å². The molecule has 0 bridgehead atoms. The van der Waals surface area contributed by atoms with E-state index in [0.717, 1.165) is 16.8 Å². The molecule has 1 aliphatic rings. The predicted molar refractivity (Wildman–Crippen MR) is 153 cm³/mol. The number of rotatable bonds is 5. The number of para-hydroxylation sites is 2. The van der Waals surface area contributed by atoms with Gasteiger partial charge >= 0.3 is 6.09 Å². The summed E-state index contributed by atoms with van der Waals surface area (Å²) in [7, 11) is 0. The summed E-state index contributed by atoms with van der Waals surface area (Å²) in [5, 5.41) is 7.37. The molecule has 40 heavy (non-hydrogen) atoms. The lowest BCUT2D eigenvalue weighted by molar-refractivity contribution is 0.0240. The van der Waals surface area contributed by atoms with Crippen molar-refractivity contribution in [3.8, 4) is 11.1 Å². The van der Waals surface area contributed by atoms with E-state index in [9.17, 15) is 14.4 Å². The number of Topliss-reactive ketones (excluding diaryl/α,β-unsaturated/α-hetero) is 1. The number of nitrogens with zero attached hydrogens (tertiary/aromatic N) is 5. The van der Waals surface area contributed by atoms with Crippen LogP contribution in [0.15, 0.2) is 67.0 Å². The second kappa shape index (κ2) is 10.8. The van der Waals surface area contributed by atoms with Gasteiger partial charge in [-0.1, -0.05) is 30.3 Å². The van der Waals surface area contributed by atoms with E-state index < -0.39 is 5.60 Å². The summed E-state index contributed by atoms with van der Waals surface area (Å²) in [6, 6.07) is 16.5. The molecule has 1 N–H and O–H groups in total. The van der Waals surface area contributed by atoms with E-state index in [0.29, 0.717) is 43.1 Å². The number of hydrogen-bond donors (Lipinski definition) is 1. The topological polar surface area (TPSA) is 109 Å². The number of nitrogens with one attached hydrogen (secondary N) is 1. The van der Waals surface area contributed by atoms with E-state index in [1.165, 1.54) is 6.92 Å². The number of amides is 2. The number of fused-ring (bicyclic) bond motifs is 1. The largest absolute Gasteiger partial charge is 0.444 e. The Bertz CT molecular complexity index is 1580. The van der Waals surface area contributed by atoms with Crippen LogP contribution in [0.2, 0.25) is 0 Å². The van der Waals surface area contributed by atoms with Crippen LogP contribution in [0.3, 0.4) is 0 Å². The molecule has 206 valence electrons. The van der Waals surface area contributed by atoms with E-state index in [1.54, 1.807) is 40.0 Å². The fourth-order valence-corrected chi connectivity index (χ4v) is 4.60. The number of benzene rings is 2. The molecule has 0 saturated carbocycles. The molecule has 10 heteroatoms. The third-order valence-electron chi connectivity index (χ3n) is 6.61. The normalized spacial score (nSPS) is 13.8. The van der Waals surface area contributed by atoms with Gasteiger partial charge in [-0.2, -0.15) is 5.10 Å². The third kappa shape index (κ3) is 5.80. The molecule has 1 saturated heterocycles. The Hall–Kier alpha value is -4.73. The Balaban J connectivity index is 1.33. The molecule has 2 amide bonds. The SMILES string of the molecule is CC(=O)c1cccc(-c2cnn3ccc(C(=O)Nc4ccccc4N4CCN(C(=O)OC(C)(C)C)CC4)nc23)c1.